The molecule has 1 unspecified atom stereocenters. The van der Waals surface area contributed by atoms with Crippen molar-refractivity contribution >= 4 is 52.4 Å². The zero-order chi connectivity index (χ0) is 9.07. The standard InChI is InChI=1S/C5H4Cl4O2/c1-2-3(6)11-4(10)5(7,8)9/h2-3H,1H2. The van der Waals surface area contributed by atoms with E-state index in [4.69, 9.17) is 46.4 Å². The second-order valence-corrected chi connectivity index (χ2v) is 4.20. The predicted octanol–water partition coefficient (Wildman–Crippen LogP) is 2.65. The molecule has 1 atom stereocenters. The molecule has 0 N–H and O–H groups in total. The third-order valence-electron chi connectivity index (χ3n) is 0.636. The third-order valence-corrected chi connectivity index (χ3v) is 1.37. The molecule has 0 aliphatic rings. The summed E-state index contributed by atoms with van der Waals surface area (Å²) in [6.07, 6.45) is 1.19. The average Bonchev–Trinajstić information content (AvgIpc) is 1.85. The van der Waals surface area contributed by atoms with Crippen LogP contribution in [0.5, 0.6) is 0 Å². The van der Waals surface area contributed by atoms with Crippen molar-refractivity contribution in [1.82, 2.24) is 0 Å². The normalized spacial score (nSPS) is 13.8. The lowest BCUT2D eigenvalue weighted by atomic mass is 10.7. The van der Waals surface area contributed by atoms with E-state index in [1.165, 1.54) is 6.08 Å². The fraction of sp³-hybridized carbons (Fsp3) is 0.400. The molecule has 0 saturated heterocycles. The van der Waals surface area contributed by atoms with Crippen molar-refractivity contribution in [2.75, 3.05) is 0 Å². The summed E-state index contributed by atoms with van der Waals surface area (Å²) in [4.78, 5) is 10.7. The van der Waals surface area contributed by atoms with Gasteiger partial charge in [0.25, 0.3) is 3.79 Å². The number of halogens is 4. The number of hydrogen-bond donors (Lipinski definition) is 0. The molecule has 0 amide bonds. The van der Waals surface area contributed by atoms with Gasteiger partial charge in [0.2, 0.25) is 0 Å². The topological polar surface area (TPSA) is 26.3 Å². The van der Waals surface area contributed by atoms with Crippen molar-refractivity contribution in [3.63, 3.8) is 0 Å². The van der Waals surface area contributed by atoms with Crippen molar-refractivity contribution in [3.8, 4) is 0 Å². The maximum absolute atomic E-state index is 10.7. The van der Waals surface area contributed by atoms with Gasteiger partial charge in [-0.3, -0.25) is 0 Å². The van der Waals surface area contributed by atoms with Crippen LogP contribution in [0.15, 0.2) is 12.7 Å². The van der Waals surface area contributed by atoms with E-state index in [1.807, 2.05) is 0 Å². The molecule has 0 heterocycles. The summed E-state index contributed by atoms with van der Waals surface area (Å²) in [6, 6.07) is 0. The van der Waals surface area contributed by atoms with Gasteiger partial charge in [0, 0.05) is 0 Å². The maximum atomic E-state index is 10.7. The molecule has 0 aromatic heterocycles. The van der Waals surface area contributed by atoms with E-state index in [-0.39, 0.29) is 0 Å². The van der Waals surface area contributed by atoms with Crippen LogP contribution in [0.1, 0.15) is 0 Å². The monoisotopic (exact) mass is 236 g/mol. The van der Waals surface area contributed by atoms with Crippen molar-refractivity contribution in [3.05, 3.63) is 12.7 Å². The predicted molar refractivity (Wildman–Crippen MR) is 46.2 cm³/mol. The number of esters is 1. The van der Waals surface area contributed by atoms with Gasteiger partial charge >= 0.3 is 5.97 Å². The molecule has 6 heteroatoms. The molecular weight excluding hydrogens is 234 g/mol. The summed E-state index contributed by atoms with van der Waals surface area (Å²) in [7, 11) is 0. The van der Waals surface area contributed by atoms with E-state index in [0.29, 0.717) is 0 Å². The van der Waals surface area contributed by atoms with E-state index in [9.17, 15) is 4.79 Å². The second-order valence-electron chi connectivity index (χ2n) is 1.49. The van der Waals surface area contributed by atoms with Crippen LogP contribution in [0.2, 0.25) is 0 Å². The molecule has 0 aliphatic heterocycles. The molecule has 0 bridgehead atoms. The summed E-state index contributed by atoms with van der Waals surface area (Å²) < 4.78 is 2.29. The van der Waals surface area contributed by atoms with Gasteiger partial charge in [0.15, 0.2) is 5.56 Å². The number of carbonyl (C=O) groups is 1. The van der Waals surface area contributed by atoms with Gasteiger partial charge in [-0.05, 0) is 6.08 Å². The zero-order valence-corrected chi connectivity index (χ0v) is 8.21. The Hall–Kier alpha value is 0.370. The lowest BCUT2D eigenvalue weighted by molar-refractivity contribution is -0.142. The molecule has 0 radical (unpaired) electrons. The van der Waals surface area contributed by atoms with Crippen LogP contribution >= 0.6 is 46.4 Å². The van der Waals surface area contributed by atoms with Gasteiger partial charge in [-0.1, -0.05) is 53.0 Å². The van der Waals surface area contributed by atoms with Gasteiger partial charge in [-0.25, -0.2) is 4.79 Å². The highest BCUT2D eigenvalue weighted by atomic mass is 35.6. The zero-order valence-electron chi connectivity index (χ0n) is 5.19. The lowest BCUT2D eigenvalue weighted by Crippen LogP contribution is -2.24. The van der Waals surface area contributed by atoms with Crippen LogP contribution in [-0.2, 0) is 9.53 Å². The highest BCUT2D eigenvalue weighted by Gasteiger charge is 2.33. The van der Waals surface area contributed by atoms with Crippen LogP contribution in [0.3, 0.4) is 0 Å². The summed E-state index contributed by atoms with van der Waals surface area (Å²) in [5.74, 6) is -1.03. The Morgan fingerprint density at radius 2 is 2.00 bits per heavy atom. The smallest absolute Gasteiger partial charge is 0.360 e. The first-order valence-corrected chi connectivity index (χ1v) is 3.99. The number of alkyl halides is 4. The Morgan fingerprint density at radius 1 is 1.55 bits per heavy atom. The number of ether oxygens (including phenoxy) is 1. The maximum Gasteiger partial charge on any atom is 0.360 e. The first-order valence-electron chi connectivity index (χ1n) is 2.42. The van der Waals surface area contributed by atoms with Gasteiger partial charge in [0.1, 0.15) is 0 Å². The Balaban J connectivity index is 3.98. The highest BCUT2D eigenvalue weighted by molar-refractivity contribution is 6.75. The van der Waals surface area contributed by atoms with Gasteiger partial charge in [0.05, 0.1) is 0 Å². The van der Waals surface area contributed by atoms with Crippen molar-refractivity contribution in [2.45, 2.75) is 9.36 Å². The van der Waals surface area contributed by atoms with Crippen molar-refractivity contribution in [1.29, 1.82) is 0 Å². The Labute approximate surface area is 84.0 Å². The molecular formula is C5H4Cl4O2. The van der Waals surface area contributed by atoms with E-state index >= 15 is 0 Å². The molecule has 64 valence electrons. The Morgan fingerprint density at radius 3 is 2.27 bits per heavy atom. The van der Waals surface area contributed by atoms with E-state index in [0.717, 1.165) is 0 Å². The van der Waals surface area contributed by atoms with Gasteiger partial charge in [-0.15, -0.1) is 0 Å². The molecule has 0 aromatic rings. The minimum atomic E-state index is -2.09. The van der Waals surface area contributed by atoms with Crippen LogP contribution in [-0.4, -0.2) is 15.3 Å². The summed E-state index contributed by atoms with van der Waals surface area (Å²) in [5.41, 5.74) is -0.974. The molecule has 0 fully saturated rings. The fourth-order valence-corrected chi connectivity index (χ4v) is 0.432. The van der Waals surface area contributed by atoms with E-state index in [2.05, 4.69) is 11.3 Å². The largest absolute Gasteiger partial charge is 0.439 e. The van der Waals surface area contributed by atoms with Gasteiger partial charge < -0.3 is 4.74 Å². The summed E-state index contributed by atoms with van der Waals surface area (Å²) in [5, 5.41) is 0. The third kappa shape index (κ3) is 4.75. The van der Waals surface area contributed by atoms with Crippen molar-refractivity contribution in [2.24, 2.45) is 0 Å². The highest BCUT2D eigenvalue weighted by Crippen LogP contribution is 2.28. The van der Waals surface area contributed by atoms with E-state index < -0.39 is 15.3 Å². The molecule has 0 saturated carbocycles. The number of carbonyl (C=O) groups excluding carboxylic acids is 1. The molecule has 0 rings (SSSR count). The molecule has 0 spiro atoms. The van der Waals surface area contributed by atoms with Crippen molar-refractivity contribution < 1.29 is 9.53 Å². The Bertz CT molecular complexity index is 162. The summed E-state index contributed by atoms with van der Waals surface area (Å²) in [6.45, 7) is 3.26. The minimum Gasteiger partial charge on any atom is -0.439 e. The molecule has 2 nitrogen and oxygen atoms in total. The van der Waals surface area contributed by atoms with Crippen LogP contribution in [0.25, 0.3) is 0 Å². The lowest BCUT2D eigenvalue weighted by Gasteiger charge is -2.11. The fourth-order valence-electron chi connectivity index (χ4n) is 0.217. The van der Waals surface area contributed by atoms with Crippen LogP contribution in [0, 0.1) is 0 Å². The quantitative estimate of drug-likeness (QED) is 0.420. The first kappa shape index (κ1) is 11.4. The molecule has 11 heavy (non-hydrogen) atoms. The molecule has 0 aliphatic carbocycles. The number of rotatable bonds is 2. The average molecular weight is 238 g/mol. The second kappa shape index (κ2) is 4.41. The molecule has 0 aromatic carbocycles. The number of hydrogen-bond acceptors (Lipinski definition) is 2. The summed E-state index contributed by atoms with van der Waals surface area (Å²) >= 11 is 20.8. The van der Waals surface area contributed by atoms with E-state index in [1.54, 1.807) is 0 Å². The minimum absolute atomic E-state index is 0.974. The SMILES string of the molecule is C=CC(Cl)OC(=O)C(Cl)(Cl)Cl. The Kier molecular flexibility index (Phi) is 4.56. The van der Waals surface area contributed by atoms with Crippen LogP contribution in [0.4, 0.5) is 0 Å². The first-order chi connectivity index (χ1) is 4.88. The van der Waals surface area contributed by atoms with Crippen LogP contribution < -0.4 is 0 Å². The van der Waals surface area contributed by atoms with Gasteiger partial charge in [-0.2, -0.15) is 0 Å².